The Morgan fingerprint density at radius 1 is 0.429 bits per heavy atom. The van der Waals surface area contributed by atoms with Gasteiger partial charge in [0.15, 0.2) is 0 Å². The quantitative estimate of drug-likeness (QED) is 0.128. The van der Waals surface area contributed by atoms with Crippen molar-refractivity contribution in [3.63, 3.8) is 0 Å². The van der Waals surface area contributed by atoms with Gasteiger partial charge in [-0.2, -0.15) is 0 Å². The van der Waals surface area contributed by atoms with Gasteiger partial charge in [-0.3, -0.25) is 19.2 Å². The van der Waals surface area contributed by atoms with E-state index in [1.54, 1.807) is 24.3 Å². The number of fused-ring (bicyclic) bond motifs is 8. The summed E-state index contributed by atoms with van der Waals surface area (Å²) in [6.07, 6.45) is 7.54. The minimum Gasteiger partial charge on any atom is -0.657 e. The number of carbonyl (C=O) groups is 4. The molecule has 5 rings (SSSR count). The van der Waals surface area contributed by atoms with E-state index in [-0.39, 0.29) is 73.7 Å². The zero-order chi connectivity index (χ0) is 34.9. The average molecular weight is 761 g/mol. The summed E-state index contributed by atoms with van der Waals surface area (Å²) in [6, 6.07) is 0. The van der Waals surface area contributed by atoms with Crippen LogP contribution in [0.4, 0.5) is 0 Å². The van der Waals surface area contributed by atoms with Gasteiger partial charge in [0, 0.05) is 48.1 Å². The molecule has 0 saturated carbocycles. The fraction of sp³-hybridized carbons (Fsp3) is 0.333. The summed E-state index contributed by atoms with van der Waals surface area (Å²) in [7, 11) is 0. The van der Waals surface area contributed by atoms with Crippen molar-refractivity contribution in [1.29, 1.82) is 0 Å². The number of aliphatic carboxylic acids is 4. The maximum atomic E-state index is 11.6. The van der Waals surface area contributed by atoms with Crippen molar-refractivity contribution >= 4 is 48.2 Å². The summed E-state index contributed by atoms with van der Waals surface area (Å²) in [5.74, 6) is -3.82. The molecular formula is C36H36AgN4O8-4. The maximum absolute atomic E-state index is 11.6. The van der Waals surface area contributed by atoms with Crippen molar-refractivity contribution < 1.29 is 62.0 Å². The first kappa shape index (κ1) is 37.0. The minimum atomic E-state index is -0.954. The molecule has 0 atom stereocenters. The number of carboxylic acid groups (broad SMARTS) is 4. The SMILES string of the molecule is Cc1c2[n-]c(c1CCC(=O)O)/C=c1\[n-]/c(c(CCC(=O)O)c1C)=C\c1[n-]c(c(CCC(=O)O)c1C)/C=c1\[n-]/c(c(CCC(=O)O)c1C)=C\2.[Ag]. The molecule has 4 N–H and O–H groups in total. The maximum Gasteiger partial charge on any atom is 0.303 e. The van der Waals surface area contributed by atoms with E-state index >= 15 is 0 Å². The molecule has 5 heterocycles. The largest absolute Gasteiger partial charge is 0.657 e. The predicted molar refractivity (Wildman–Crippen MR) is 175 cm³/mol. The first-order valence-electron chi connectivity index (χ1n) is 15.6. The number of hydrogen-bond donors (Lipinski definition) is 4. The molecule has 0 aromatic carbocycles. The van der Waals surface area contributed by atoms with Crippen LogP contribution < -0.4 is 41.3 Å². The summed E-state index contributed by atoms with van der Waals surface area (Å²) in [5, 5.41) is 40.1. The fourth-order valence-electron chi connectivity index (χ4n) is 6.26. The van der Waals surface area contributed by atoms with Crippen LogP contribution in [0.3, 0.4) is 0 Å². The molecule has 0 fully saturated rings. The van der Waals surface area contributed by atoms with E-state index in [2.05, 4.69) is 0 Å². The van der Waals surface area contributed by atoms with Gasteiger partial charge in [-0.25, -0.2) is 0 Å². The first-order chi connectivity index (χ1) is 22.7. The third-order valence-corrected chi connectivity index (χ3v) is 9.00. The van der Waals surface area contributed by atoms with Crippen molar-refractivity contribution in [2.75, 3.05) is 0 Å². The molecule has 0 unspecified atom stereocenters. The van der Waals surface area contributed by atoms with Gasteiger partial charge in [-0.15, -0.1) is 44.2 Å². The third-order valence-electron chi connectivity index (χ3n) is 9.00. The first-order valence-corrected chi connectivity index (χ1v) is 15.6. The molecule has 4 aromatic rings. The van der Waals surface area contributed by atoms with E-state index in [1.807, 2.05) is 27.7 Å². The van der Waals surface area contributed by atoms with Crippen LogP contribution in [0.5, 0.6) is 0 Å². The van der Waals surface area contributed by atoms with Crippen LogP contribution in [0.25, 0.3) is 24.3 Å². The van der Waals surface area contributed by atoms with Crippen LogP contribution in [0.1, 0.15) is 93.0 Å². The van der Waals surface area contributed by atoms with Gasteiger partial charge in [0.05, 0.1) is 0 Å². The summed E-state index contributed by atoms with van der Waals surface area (Å²) in [5.41, 5.74) is 8.16. The Hall–Kier alpha value is -4.78. The monoisotopic (exact) mass is 759 g/mol. The third kappa shape index (κ3) is 8.10. The molecule has 1 aliphatic rings. The van der Waals surface area contributed by atoms with E-state index in [0.29, 0.717) is 44.2 Å². The second kappa shape index (κ2) is 15.2. The van der Waals surface area contributed by atoms with E-state index in [4.69, 9.17) is 19.9 Å². The van der Waals surface area contributed by atoms with Gasteiger partial charge in [0.25, 0.3) is 0 Å². The molecule has 0 spiro atoms. The standard InChI is InChI=1S/C36H36N4O8.Ag/c1-17-21(5-9-33(41)42)29-14-26-19(3)23(7-11-35(45)46)31(39-26)16-28-20(4)24(8-12-36(47)48)32(40-28)15-27-18(2)22(6-10-34(43)44)30(38-27)13-25(17)37-29;/h13-16H,5-12H2,1-4H3,(H,41,42)(H,43,44)(H,45,46)(H,47,48);/q-4;/b25-13-,26-14?,27-15?,28-16-,29-14-,30-13?,31-16?,32-15-;. The average Bonchev–Trinajstić information content (AvgIpc) is 3.66. The predicted octanol–water partition coefficient (Wildman–Crippen LogP) is 0.444. The van der Waals surface area contributed by atoms with Crippen LogP contribution in [0, 0.1) is 27.7 Å². The molecule has 0 aliphatic carbocycles. The van der Waals surface area contributed by atoms with Crippen LogP contribution in [0.15, 0.2) is 0 Å². The van der Waals surface area contributed by atoms with E-state index in [1.165, 1.54) is 0 Å². The Morgan fingerprint density at radius 3 is 1.02 bits per heavy atom. The summed E-state index contributed by atoms with van der Waals surface area (Å²) in [6.45, 7) is 7.43. The number of nitrogens with zero attached hydrogens (tertiary/aromatic N) is 4. The summed E-state index contributed by atoms with van der Waals surface area (Å²) in [4.78, 5) is 65.9. The molecule has 1 radical (unpaired) electrons. The molecule has 0 amide bonds. The molecule has 263 valence electrons. The summed E-state index contributed by atoms with van der Waals surface area (Å²) < 4.78 is 0. The smallest absolute Gasteiger partial charge is 0.303 e. The molecule has 8 bridgehead atoms. The number of carboxylic acids is 4. The van der Waals surface area contributed by atoms with Crippen molar-refractivity contribution in [3.8, 4) is 0 Å². The molecule has 12 nitrogen and oxygen atoms in total. The number of aromatic nitrogens is 4. The zero-order valence-electron chi connectivity index (χ0n) is 27.5. The minimum absolute atomic E-state index is 0. The Bertz CT molecular complexity index is 2060. The molecule has 49 heavy (non-hydrogen) atoms. The van der Waals surface area contributed by atoms with E-state index in [9.17, 15) is 39.6 Å². The molecule has 1 aliphatic heterocycles. The Morgan fingerprint density at radius 2 is 0.714 bits per heavy atom. The molecule has 13 heteroatoms. The normalized spacial score (nSPS) is 14.6. The molecular weight excluding hydrogens is 724 g/mol. The van der Waals surface area contributed by atoms with Crippen LogP contribution in [-0.4, -0.2) is 44.3 Å². The molecule has 4 aromatic heterocycles. The van der Waals surface area contributed by atoms with Gasteiger partial charge in [0.2, 0.25) is 0 Å². The molecule has 0 saturated heterocycles. The van der Waals surface area contributed by atoms with Crippen LogP contribution in [-0.2, 0) is 67.2 Å². The van der Waals surface area contributed by atoms with Crippen LogP contribution >= 0.6 is 0 Å². The number of rotatable bonds is 12. The van der Waals surface area contributed by atoms with Crippen molar-refractivity contribution in [1.82, 2.24) is 19.9 Å². The van der Waals surface area contributed by atoms with Crippen molar-refractivity contribution in [2.45, 2.75) is 79.1 Å². The second-order valence-electron chi connectivity index (χ2n) is 12.1. The fourth-order valence-corrected chi connectivity index (χ4v) is 6.26. The van der Waals surface area contributed by atoms with Gasteiger partial charge >= 0.3 is 23.9 Å². The topological polar surface area (TPSA) is 206 Å². The van der Waals surface area contributed by atoms with Crippen molar-refractivity contribution in [2.24, 2.45) is 0 Å². The van der Waals surface area contributed by atoms with Gasteiger partial charge in [0.1, 0.15) is 0 Å². The van der Waals surface area contributed by atoms with Gasteiger partial charge < -0.3 is 40.4 Å². The number of hydrogen-bond acceptors (Lipinski definition) is 4. The Labute approximate surface area is 296 Å². The van der Waals surface area contributed by atoms with Crippen LogP contribution in [0.2, 0.25) is 0 Å². The van der Waals surface area contributed by atoms with Gasteiger partial charge in [-0.05, 0) is 53.4 Å². The second-order valence-corrected chi connectivity index (χ2v) is 12.1. The van der Waals surface area contributed by atoms with Crippen molar-refractivity contribution in [3.05, 3.63) is 88.7 Å². The Kier molecular flexibility index (Phi) is 11.5. The summed E-state index contributed by atoms with van der Waals surface area (Å²) >= 11 is 0. The van der Waals surface area contributed by atoms with E-state index in [0.717, 1.165) is 44.5 Å². The Balaban J connectivity index is 0.00000541. The van der Waals surface area contributed by atoms with E-state index < -0.39 is 23.9 Å². The van der Waals surface area contributed by atoms with Gasteiger partial charge in [-0.1, -0.05) is 68.8 Å². The zero-order valence-corrected chi connectivity index (χ0v) is 29.0.